The van der Waals surface area contributed by atoms with E-state index in [9.17, 15) is 4.79 Å². The van der Waals surface area contributed by atoms with Crippen molar-refractivity contribution in [2.24, 2.45) is 0 Å². The van der Waals surface area contributed by atoms with Crippen molar-refractivity contribution in [1.82, 2.24) is 15.5 Å². The maximum Gasteiger partial charge on any atom is 0.244 e. The van der Waals surface area contributed by atoms with Gasteiger partial charge in [0.1, 0.15) is 5.54 Å². The molecule has 0 aromatic carbocycles. The summed E-state index contributed by atoms with van der Waals surface area (Å²) < 4.78 is 0. The van der Waals surface area contributed by atoms with Crippen LogP contribution < -0.4 is 10.6 Å². The molecule has 4 nitrogen and oxygen atoms in total. The Hall–Kier alpha value is -0.320. The summed E-state index contributed by atoms with van der Waals surface area (Å²) in [7, 11) is 1.97. The lowest BCUT2D eigenvalue weighted by atomic mass is 9.92. The van der Waals surface area contributed by atoms with Gasteiger partial charge in [0.2, 0.25) is 5.91 Å². The van der Waals surface area contributed by atoms with E-state index in [1.54, 1.807) is 0 Å². The van der Waals surface area contributed by atoms with Crippen molar-refractivity contribution in [3.63, 3.8) is 0 Å². The minimum atomic E-state index is -0.194. The van der Waals surface area contributed by atoms with Gasteiger partial charge in [-0.2, -0.15) is 0 Å². The molecule has 0 aromatic rings. The van der Waals surface area contributed by atoms with Crippen LogP contribution >= 0.6 is 12.4 Å². The zero-order valence-electron chi connectivity index (χ0n) is 6.39. The van der Waals surface area contributed by atoms with E-state index in [4.69, 9.17) is 0 Å². The van der Waals surface area contributed by atoms with Crippen molar-refractivity contribution in [3.05, 3.63) is 0 Å². The molecule has 2 aliphatic rings. The third-order valence-corrected chi connectivity index (χ3v) is 2.47. The highest BCUT2D eigenvalue weighted by Crippen LogP contribution is 2.22. The van der Waals surface area contributed by atoms with E-state index in [2.05, 4.69) is 15.5 Å². The number of nitrogens with one attached hydrogen (secondary N) is 2. The molecule has 2 rings (SSSR count). The lowest BCUT2D eigenvalue weighted by Gasteiger charge is -2.41. The summed E-state index contributed by atoms with van der Waals surface area (Å²) in [6.07, 6.45) is 0. The van der Waals surface area contributed by atoms with Crippen molar-refractivity contribution < 1.29 is 4.79 Å². The summed E-state index contributed by atoms with van der Waals surface area (Å²) in [4.78, 5) is 13.3. The van der Waals surface area contributed by atoms with Gasteiger partial charge in [-0.25, -0.2) is 0 Å². The fraction of sp³-hybridized carbons (Fsp3) is 0.833. The highest BCUT2D eigenvalue weighted by Gasteiger charge is 2.51. The van der Waals surface area contributed by atoms with E-state index in [0.717, 1.165) is 13.1 Å². The Morgan fingerprint density at radius 1 is 1.55 bits per heavy atom. The van der Waals surface area contributed by atoms with E-state index < -0.39 is 0 Å². The SMILES string of the molecule is CN1CNC(=O)C12CNC2.Cl. The number of hydrogen-bond acceptors (Lipinski definition) is 3. The van der Waals surface area contributed by atoms with Gasteiger partial charge in [-0.05, 0) is 7.05 Å². The van der Waals surface area contributed by atoms with Gasteiger partial charge in [-0.3, -0.25) is 9.69 Å². The van der Waals surface area contributed by atoms with E-state index in [1.807, 2.05) is 7.05 Å². The molecule has 0 aromatic heterocycles. The zero-order valence-corrected chi connectivity index (χ0v) is 7.20. The molecule has 2 heterocycles. The van der Waals surface area contributed by atoms with Crippen LogP contribution in [0.15, 0.2) is 0 Å². The van der Waals surface area contributed by atoms with Crippen LogP contribution in [0.1, 0.15) is 0 Å². The second-order valence-electron chi connectivity index (χ2n) is 3.00. The van der Waals surface area contributed by atoms with Gasteiger partial charge in [-0.1, -0.05) is 0 Å². The topological polar surface area (TPSA) is 44.4 Å². The highest BCUT2D eigenvalue weighted by atomic mass is 35.5. The first-order valence-corrected chi connectivity index (χ1v) is 3.46. The standard InChI is InChI=1S/C6H11N3O.ClH/c1-9-4-8-5(10)6(9)2-7-3-6;/h7H,2-4H2,1H3,(H,8,10);1H. The van der Waals surface area contributed by atoms with E-state index in [0.29, 0.717) is 6.67 Å². The lowest BCUT2D eigenvalue weighted by Crippen LogP contribution is -2.69. The summed E-state index contributed by atoms with van der Waals surface area (Å²) in [6.45, 7) is 2.30. The molecule has 0 atom stereocenters. The van der Waals surface area contributed by atoms with Crippen molar-refractivity contribution in [1.29, 1.82) is 0 Å². The molecule has 2 N–H and O–H groups in total. The summed E-state index contributed by atoms with van der Waals surface area (Å²) >= 11 is 0. The van der Waals surface area contributed by atoms with Gasteiger partial charge in [0.25, 0.3) is 0 Å². The van der Waals surface area contributed by atoms with Gasteiger partial charge in [0.05, 0.1) is 6.67 Å². The van der Waals surface area contributed by atoms with Crippen LogP contribution in [-0.2, 0) is 4.79 Å². The van der Waals surface area contributed by atoms with Crippen molar-refractivity contribution in [3.8, 4) is 0 Å². The van der Waals surface area contributed by atoms with Crippen LogP contribution in [0.4, 0.5) is 0 Å². The molecule has 64 valence electrons. The summed E-state index contributed by atoms with van der Waals surface area (Å²) in [5, 5.41) is 5.91. The Balaban J connectivity index is 0.000000605. The number of halogens is 1. The Labute approximate surface area is 71.7 Å². The Kier molecular flexibility index (Phi) is 2.09. The molecular formula is C6H12ClN3O. The van der Waals surface area contributed by atoms with Crippen molar-refractivity contribution in [2.45, 2.75) is 5.54 Å². The fourth-order valence-electron chi connectivity index (χ4n) is 1.47. The number of carbonyl (C=O) groups excluding carboxylic acids is 1. The molecule has 0 saturated carbocycles. The first-order chi connectivity index (χ1) is 4.76. The van der Waals surface area contributed by atoms with Gasteiger partial charge < -0.3 is 10.6 Å². The lowest BCUT2D eigenvalue weighted by molar-refractivity contribution is -0.128. The Bertz CT molecular complexity index is 181. The van der Waals surface area contributed by atoms with E-state index >= 15 is 0 Å². The number of carbonyl (C=O) groups is 1. The molecule has 11 heavy (non-hydrogen) atoms. The molecule has 0 bridgehead atoms. The average molecular weight is 178 g/mol. The number of likely N-dealkylation sites (N-methyl/N-ethyl adjacent to an activating group) is 1. The molecule has 0 radical (unpaired) electrons. The van der Waals surface area contributed by atoms with Gasteiger partial charge >= 0.3 is 0 Å². The number of hydrogen-bond donors (Lipinski definition) is 2. The molecule has 2 aliphatic heterocycles. The van der Waals surface area contributed by atoms with Crippen LogP contribution in [0.5, 0.6) is 0 Å². The van der Waals surface area contributed by atoms with Crippen molar-refractivity contribution >= 4 is 18.3 Å². The van der Waals surface area contributed by atoms with Gasteiger partial charge in [0.15, 0.2) is 0 Å². The first-order valence-electron chi connectivity index (χ1n) is 3.46. The number of nitrogens with zero attached hydrogens (tertiary/aromatic N) is 1. The Morgan fingerprint density at radius 3 is 2.36 bits per heavy atom. The third kappa shape index (κ3) is 0.937. The smallest absolute Gasteiger partial charge is 0.244 e. The van der Waals surface area contributed by atoms with Crippen LogP contribution in [0, 0.1) is 0 Å². The predicted molar refractivity (Wildman–Crippen MR) is 43.6 cm³/mol. The minimum Gasteiger partial charge on any atom is -0.342 e. The molecule has 5 heteroatoms. The fourth-order valence-corrected chi connectivity index (χ4v) is 1.47. The third-order valence-electron chi connectivity index (χ3n) is 2.47. The maximum atomic E-state index is 11.2. The van der Waals surface area contributed by atoms with E-state index in [1.165, 1.54) is 0 Å². The largest absolute Gasteiger partial charge is 0.342 e. The zero-order chi connectivity index (χ0) is 7.19. The Morgan fingerprint density at radius 2 is 2.18 bits per heavy atom. The molecular weight excluding hydrogens is 166 g/mol. The second kappa shape index (κ2) is 2.62. The number of amides is 1. The average Bonchev–Trinajstić information content (AvgIpc) is 2.06. The van der Waals surface area contributed by atoms with E-state index in [-0.39, 0.29) is 23.9 Å². The summed E-state index contributed by atoms with van der Waals surface area (Å²) in [6, 6.07) is 0. The highest BCUT2D eigenvalue weighted by molar-refractivity contribution is 5.89. The second-order valence-corrected chi connectivity index (χ2v) is 3.00. The summed E-state index contributed by atoms with van der Waals surface area (Å²) in [5.41, 5.74) is -0.194. The molecule has 0 aliphatic carbocycles. The summed E-state index contributed by atoms with van der Waals surface area (Å²) in [5.74, 6) is 0.175. The number of rotatable bonds is 0. The predicted octanol–water partition coefficient (Wildman–Crippen LogP) is -1.23. The molecule has 0 unspecified atom stereocenters. The minimum absolute atomic E-state index is 0. The monoisotopic (exact) mass is 177 g/mol. The van der Waals surface area contributed by atoms with Gasteiger partial charge in [0, 0.05) is 13.1 Å². The molecule has 1 spiro atoms. The molecule has 2 fully saturated rings. The quantitative estimate of drug-likeness (QED) is 0.487. The van der Waals surface area contributed by atoms with Crippen LogP contribution in [0.2, 0.25) is 0 Å². The van der Waals surface area contributed by atoms with Crippen LogP contribution in [0.25, 0.3) is 0 Å². The molecule has 2 saturated heterocycles. The van der Waals surface area contributed by atoms with Crippen LogP contribution in [-0.4, -0.2) is 43.2 Å². The normalized spacial score (nSPS) is 27.5. The maximum absolute atomic E-state index is 11.2. The molecule has 1 amide bonds. The van der Waals surface area contributed by atoms with Gasteiger partial charge in [-0.15, -0.1) is 12.4 Å². The first kappa shape index (κ1) is 8.77. The van der Waals surface area contributed by atoms with Crippen molar-refractivity contribution in [2.75, 3.05) is 26.8 Å². The van der Waals surface area contributed by atoms with Crippen LogP contribution in [0.3, 0.4) is 0 Å².